The SMILES string of the molecule is CCCNCC1CCC(C(C)(C)C)CC1c1ccn(C)n1. The van der Waals surface area contributed by atoms with Gasteiger partial charge in [-0.3, -0.25) is 4.68 Å². The van der Waals surface area contributed by atoms with E-state index >= 15 is 0 Å². The Bertz CT molecular complexity index is 430. The van der Waals surface area contributed by atoms with Gasteiger partial charge >= 0.3 is 0 Å². The molecule has 0 amide bonds. The van der Waals surface area contributed by atoms with Gasteiger partial charge in [0.05, 0.1) is 5.69 Å². The van der Waals surface area contributed by atoms with E-state index in [1.165, 1.54) is 31.4 Å². The Balaban J connectivity index is 2.10. The number of rotatable bonds is 5. The number of hydrogen-bond donors (Lipinski definition) is 1. The minimum absolute atomic E-state index is 0.412. The van der Waals surface area contributed by atoms with Crippen molar-refractivity contribution >= 4 is 0 Å². The topological polar surface area (TPSA) is 29.9 Å². The molecule has 3 atom stereocenters. The molecule has 1 fully saturated rings. The number of aryl methyl sites for hydroxylation is 1. The first-order chi connectivity index (χ1) is 9.91. The quantitative estimate of drug-likeness (QED) is 0.832. The van der Waals surface area contributed by atoms with Crippen molar-refractivity contribution in [3.8, 4) is 0 Å². The standard InChI is InChI=1S/C18H33N3/c1-6-10-19-13-14-7-8-15(18(2,3)4)12-16(14)17-9-11-21(5)20-17/h9,11,14-16,19H,6-8,10,12-13H2,1-5H3. The maximum atomic E-state index is 4.72. The van der Waals surface area contributed by atoms with Crippen molar-refractivity contribution in [2.24, 2.45) is 24.3 Å². The van der Waals surface area contributed by atoms with E-state index in [1.54, 1.807) is 0 Å². The van der Waals surface area contributed by atoms with E-state index in [-0.39, 0.29) is 0 Å². The minimum atomic E-state index is 0.412. The Kier molecular flexibility index (Phi) is 5.48. The van der Waals surface area contributed by atoms with Gasteiger partial charge in [0.1, 0.15) is 0 Å². The molecule has 120 valence electrons. The Morgan fingerprint density at radius 3 is 2.67 bits per heavy atom. The summed E-state index contributed by atoms with van der Waals surface area (Å²) >= 11 is 0. The number of aromatic nitrogens is 2. The molecule has 3 heteroatoms. The van der Waals surface area contributed by atoms with Gasteiger partial charge in [-0.25, -0.2) is 0 Å². The zero-order valence-electron chi connectivity index (χ0n) is 14.5. The van der Waals surface area contributed by atoms with Crippen molar-refractivity contribution in [1.82, 2.24) is 15.1 Å². The highest BCUT2D eigenvalue weighted by Crippen LogP contribution is 2.46. The summed E-state index contributed by atoms with van der Waals surface area (Å²) in [6, 6.07) is 2.22. The molecule has 0 aromatic carbocycles. The van der Waals surface area contributed by atoms with Crippen LogP contribution in [0.3, 0.4) is 0 Å². The molecule has 0 spiro atoms. The van der Waals surface area contributed by atoms with E-state index in [9.17, 15) is 0 Å². The molecule has 1 aromatic heterocycles. The lowest BCUT2D eigenvalue weighted by Gasteiger charge is -2.41. The number of hydrogen-bond acceptors (Lipinski definition) is 2. The van der Waals surface area contributed by atoms with E-state index in [0.717, 1.165) is 24.9 Å². The van der Waals surface area contributed by atoms with Crippen LogP contribution in [0.5, 0.6) is 0 Å². The Labute approximate surface area is 130 Å². The third-order valence-electron chi connectivity index (χ3n) is 5.17. The van der Waals surface area contributed by atoms with Gasteiger partial charge in [0.25, 0.3) is 0 Å². The van der Waals surface area contributed by atoms with Crippen LogP contribution in [0.1, 0.15) is 65.0 Å². The fourth-order valence-corrected chi connectivity index (χ4v) is 3.72. The summed E-state index contributed by atoms with van der Waals surface area (Å²) in [7, 11) is 2.03. The third kappa shape index (κ3) is 4.32. The maximum Gasteiger partial charge on any atom is 0.0658 e. The third-order valence-corrected chi connectivity index (χ3v) is 5.17. The minimum Gasteiger partial charge on any atom is -0.316 e. The molecule has 1 aromatic rings. The van der Waals surface area contributed by atoms with Crippen molar-refractivity contribution in [3.63, 3.8) is 0 Å². The lowest BCUT2D eigenvalue weighted by molar-refractivity contribution is 0.128. The molecular formula is C18H33N3. The molecule has 1 saturated carbocycles. The van der Waals surface area contributed by atoms with Crippen LogP contribution in [0.2, 0.25) is 0 Å². The first kappa shape index (κ1) is 16.5. The largest absolute Gasteiger partial charge is 0.316 e. The van der Waals surface area contributed by atoms with Crippen LogP contribution in [0.15, 0.2) is 12.3 Å². The first-order valence-electron chi connectivity index (χ1n) is 8.62. The van der Waals surface area contributed by atoms with Gasteiger partial charge in [0.2, 0.25) is 0 Å². The number of nitrogens with one attached hydrogen (secondary N) is 1. The highest BCUT2D eigenvalue weighted by atomic mass is 15.2. The van der Waals surface area contributed by atoms with Crippen molar-refractivity contribution in [1.29, 1.82) is 0 Å². The summed E-state index contributed by atoms with van der Waals surface area (Å²) in [5.41, 5.74) is 1.71. The monoisotopic (exact) mass is 291 g/mol. The van der Waals surface area contributed by atoms with Crippen LogP contribution in [-0.2, 0) is 7.05 Å². The van der Waals surface area contributed by atoms with Crippen LogP contribution in [-0.4, -0.2) is 22.9 Å². The molecule has 2 rings (SSSR count). The van der Waals surface area contributed by atoms with E-state index in [1.807, 2.05) is 11.7 Å². The molecule has 0 radical (unpaired) electrons. The lowest BCUT2D eigenvalue weighted by Crippen LogP contribution is -2.36. The second kappa shape index (κ2) is 6.95. The molecule has 0 saturated heterocycles. The van der Waals surface area contributed by atoms with Gasteiger partial charge in [-0.05, 0) is 62.1 Å². The molecular weight excluding hydrogens is 258 g/mol. The fourth-order valence-electron chi connectivity index (χ4n) is 3.72. The van der Waals surface area contributed by atoms with Crippen molar-refractivity contribution in [2.75, 3.05) is 13.1 Å². The summed E-state index contributed by atoms with van der Waals surface area (Å²) in [6.45, 7) is 11.7. The Hall–Kier alpha value is -0.830. The summed E-state index contributed by atoms with van der Waals surface area (Å²) < 4.78 is 1.95. The first-order valence-corrected chi connectivity index (χ1v) is 8.62. The van der Waals surface area contributed by atoms with E-state index in [0.29, 0.717) is 11.3 Å². The summed E-state index contributed by atoms with van der Waals surface area (Å²) in [5, 5.41) is 8.35. The molecule has 1 aliphatic carbocycles. The average Bonchev–Trinajstić information content (AvgIpc) is 2.84. The van der Waals surface area contributed by atoms with Crippen molar-refractivity contribution in [3.05, 3.63) is 18.0 Å². The highest BCUT2D eigenvalue weighted by molar-refractivity contribution is 5.11. The Morgan fingerprint density at radius 1 is 1.33 bits per heavy atom. The molecule has 1 aliphatic rings. The fraction of sp³-hybridized carbons (Fsp3) is 0.833. The van der Waals surface area contributed by atoms with Gasteiger partial charge in [-0.1, -0.05) is 27.7 Å². The van der Waals surface area contributed by atoms with Gasteiger partial charge in [-0.2, -0.15) is 5.10 Å². The summed E-state index contributed by atoms with van der Waals surface area (Å²) in [6.07, 6.45) is 7.29. The van der Waals surface area contributed by atoms with Gasteiger partial charge in [0, 0.05) is 19.2 Å². The van der Waals surface area contributed by atoms with Crippen molar-refractivity contribution in [2.45, 2.75) is 59.3 Å². The van der Waals surface area contributed by atoms with Crippen LogP contribution in [0.25, 0.3) is 0 Å². The molecule has 3 unspecified atom stereocenters. The van der Waals surface area contributed by atoms with Crippen molar-refractivity contribution < 1.29 is 0 Å². The van der Waals surface area contributed by atoms with E-state index in [2.05, 4.69) is 45.3 Å². The molecule has 1 N–H and O–H groups in total. The van der Waals surface area contributed by atoms with Gasteiger partial charge in [-0.15, -0.1) is 0 Å². The van der Waals surface area contributed by atoms with E-state index in [4.69, 9.17) is 5.10 Å². The normalized spacial score (nSPS) is 27.0. The molecule has 3 nitrogen and oxygen atoms in total. The average molecular weight is 291 g/mol. The lowest BCUT2D eigenvalue weighted by atomic mass is 9.65. The smallest absolute Gasteiger partial charge is 0.0658 e. The van der Waals surface area contributed by atoms with Crippen LogP contribution >= 0.6 is 0 Å². The van der Waals surface area contributed by atoms with Gasteiger partial charge in [0.15, 0.2) is 0 Å². The van der Waals surface area contributed by atoms with Crippen LogP contribution in [0, 0.1) is 17.3 Å². The molecule has 0 aliphatic heterocycles. The predicted octanol–water partition coefficient (Wildman–Crippen LogP) is 3.97. The highest BCUT2D eigenvalue weighted by Gasteiger charge is 2.37. The Morgan fingerprint density at radius 2 is 2.10 bits per heavy atom. The second-order valence-electron chi connectivity index (χ2n) is 7.86. The predicted molar refractivity (Wildman–Crippen MR) is 89.4 cm³/mol. The van der Waals surface area contributed by atoms with E-state index < -0.39 is 0 Å². The molecule has 0 bridgehead atoms. The number of nitrogens with zero attached hydrogens (tertiary/aromatic N) is 2. The van der Waals surface area contributed by atoms with Crippen LogP contribution < -0.4 is 5.32 Å². The zero-order valence-corrected chi connectivity index (χ0v) is 14.5. The summed E-state index contributed by atoms with van der Waals surface area (Å²) in [4.78, 5) is 0. The summed E-state index contributed by atoms with van der Waals surface area (Å²) in [5.74, 6) is 2.17. The second-order valence-corrected chi connectivity index (χ2v) is 7.86. The van der Waals surface area contributed by atoms with Crippen LogP contribution in [0.4, 0.5) is 0 Å². The molecule has 21 heavy (non-hydrogen) atoms. The maximum absolute atomic E-state index is 4.72. The zero-order chi connectivity index (χ0) is 15.5. The van der Waals surface area contributed by atoms with Gasteiger partial charge < -0.3 is 5.32 Å². The molecule has 1 heterocycles.